The van der Waals surface area contributed by atoms with Crippen molar-refractivity contribution in [3.63, 3.8) is 0 Å². The summed E-state index contributed by atoms with van der Waals surface area (Å²) >= 11 is 1.27. The molecule has 0 aromatic carbocycles. The Hall–Kier alpha value is -2.31. The maximum Gasteiger partial charge on any atom is 0.310 e. The molecule has 0 fully saturated rings. The van der Waals surface area contributed by atoms with Crippen LogP contribution in [0.15, 0.2) is 23.9 Å². The van der Waals surface area contributed by atoms with Crippen LogP contribution in [-0.2, 0) is 16.0 Å². The highest BCUT2D eigenvalue weighted by Crippen LogP contribution is 2.27. The van der Waals surface area contributed by atoms with Crippen LogP contribution < -0.4 is 0 Å². The van der Waals surface area contributed by atoms with Gasteiger partial charge < -0.3 is 4.74 Å². The summed E-state index contributed by atoms with van der Waals surface area (Å²) in [4.78, 5) is 16.1. The molecular weight excluding hydrogens is 274 g/mol. The smallest absolute Gasteiger partial charge is 0.310 e. The SMILES string of the molecule is CCOC(=O)Cc1ccnc(C(SC)=C(C#N)C#N)c1. The number of rotatable bonds is 5. The predicted molar refractivity (Wildman–Crippen MR) is 76.2 cm³/mol. The van der Waals surface area contributed by atoms with Gasteiger partial charge in [-0.15, -0.1) is 11.8 Å². The number of carbonyl (C=O) groups excluding carboxylic acids is 1. The van der Waals surface area contributed by atoms with E-state index in [9.17, 15) is 4.79 Å². The predicted octanol–water partition coefficient (Wildman–Crippen LogP) is 2.31. The van der Waals surface area contributed by atoms with Gasteiger partial charge in [0.2, 0.25) is 0 Å². The third kappa shape index (κ3) is 4.11. The van der Waals surface area contributed by atoms with Crippen molar-refractivity contribution in [1.29, 1.82) is 10.5 Å². The summed E-state index contributed by atoms with van der Waals surface area (Å²) in [6.07, 6.45) is 3.45. The molecule has 1 aromatic heterocycles. The zero-order valence-electron chi connectivity index (χ0n) is 11.2. The van der Waals surface area contributed by atoms with Crippen LogP contribution in [0.5, 0.6) is 0 Å². The second-order valence-corrected chi connectivity index (χ2v) is 4.48. The first kappa shape index (κ1) is 15.7. The number of carbonyl (C=O) groups is 1. The van der Waals surface area contributed by atoms with E-state index in [1.807, 2.05) is 12.1 Å². The van der Waals surface area contributed by atoms with Crippen molar-refractivity contribution in [3.8, 4) is 12.1 Å². The van der Waals surface area contributed by atoms with Crippen LogP contribution in [0.2, 0.25) is 0 Å². The molecule has 0 amide bonds. The highest BCUT2D eigenvalue weighted by molar-refractivity contribution is 8.07. The van der Waals surface area contributed by atoms with Crippen molar-refractivity contribution in [2.24, 2.45) is 0 Å². The van der Waals surface area contributed by atoms with Gasteiger partial charge in [-0.25, -0.2) is 0 Å². The lowest BCUT2D eigenvalue weighted by Crippen LogP contribution is -2.07. The van der Waals surface area contributed by atoms with Gasteiger partial charge in [-0.1, -0.05) is 0 Å². The Bertz CT molecular complexity index is 596. The minimum absolute atomic E-state index is 0.0123. The first-order valence-corrected chi connectivity index (χ1v) is 7.08. The normalized spacial score (nSPS) is 9.20. The molecule has 0 radical (unpaired) electrons. The maximum atomic E-state index is 11.4. The summed E-state index contributed by atoms with van der Waals surface area (Å²) in [6.45, 7) is 2.08. The van der Waals surface area contributed by atoms with Crippen molar-refractivity contribution in [2.45, 2.75) is 13.3 Å². The molecule has 5 nitrogen and oxygen atoms in total. The molecule has 0 aliphatic carbocycles. The summed E-state index contributed by atoms with van der Waals surface area (Å²) in [5, 5.41) is 17.9. The van der Waals surface area contributed by atoms with Gasteiger partial charge in [0.05, 0.1) is 23.6 Å². The fourth-order valence-corrected chi connectivity index (χ4v) is 2.16. The Morgan fingerprint density at radius 3 is 2.70 bits per heavy atom. The summed E-state index contributed by atoms with van der Waals surface area (Å²) in [5.41, 5.74) is 1.26. The zero-order valence-corrected chi connectivity index (χ0v) is 12.0. The quantitative estimate of drug-likeness (QED) is 0.610. The van der Waals surface area contributed by atoms with Gasteiger partial charge >= 0.3 is 5.97 Å². The van der Waals surface area contributed by atoms with Gasteiger partial charge in [0.25, 0.3) is 0 Å². The Labute approximate surface area is 121 Å². The molecule has 0 N–H and O–H groups in total. The lowest BCUT2D eigenvalue weighted by molar-refractivity contribution is -0.142. The van der Waals surface area contributed by atoms with Crippen LogP contribution in [0.3, 0.4) is 0 Å². The van der Waals surface area contributed by atoms with E-state index in [2.05, 4.69) is 4.98 Å². The van der Waals surface area contributed by atoms with Crippen molar-refractivity contribution in [2.75, 3.05) is 12.9 Å². The Balaban J connectivity index is 3.10. The van der Waals surface area contributed by atoms with Gasteiger partial charge in [-0.2, -0.15) is 10.5 Å². The van der Waals surface area contributed by atoms with Gasteiger partial charge in [0.1, 0.15) is 17.7 Å². The molecule has 0 saturated heterocycles. The number of allylic oxidation sites excluding steroid dienone is 1. The fraction of sp³-hybridized carbons (Fsp3) is 0.286. The van der Waals surface area contributed by atoms with Crippen LogP contribution in [-0.4, -0.2) is 23.8 Å². The molecule has 1 aromatic rings. The summed E-state index contributed by atoms with van der Waals surface area (Å²) in [5.74, 6) is -0.319. The molecular formula is C14H13N3O2S. The average Bonchev–Trinajstić information content (AvgIpc) is 2.45. The fourth-order valence-electron chi connectivity index (χ4n) is 1.55. The minimum Gasteiger partial charge on any atom is -0.466 e. The summed E-state index contributed by atoms with van der Waals surface area (Å²) in [7, 11) is 0. The van der Waals surface area contributed by atoms with Crippen molar-refractivity contribution < 1.29 is 9.53 Å². The highest BCUT2D eigenvalue weighted by Gasteiger charge is 2.11. The van der Waals surface area contributed by atoms with E-state index in [0.29, 0.717) is 17.2 Å². The molecule has 6 heteroatoms. The second-order valence-electron chi connectivity index (χ2n) is 3.66. The molecule has 1 heterocycles. The van der Waals surface area contributed by atoms with Crippen molar-refractivity contribution in [3.05, 3.63) is 35.2 Å². The Morgan fingerprint density at radius 1 is 1.45 bits per heavy atom. The summed E-state index contributed by atoms with van der Waals surface area (Å²) in [6, 6.07) is 7.09. The van der Waals surface area contributed by atoms with Crippen molar-refractivity contribution >= 4 is 22.6 Å². The monoisotopic (exact) mass is 287 g/mol. The molecule has 0 atom stereocenters. The van der Waals surface area contributed by atoms with E-state index in [1.165, 1.54) is 11.8 Å². The molecule has 20 heavy (non-hydrogen) atoms. The molecule has 0 saturated carbocycles. The number of pyridine rings is 1. The third-order valence-corrected chi connectivity index (χ3v) is 3.19. The molecule has 0 bridgehead atoms. The number of hydrogen-bond donors (Lipinski definition) is 0. The maximum absolute atomic E-state index is 11.4. The highest BCUT2D eigenvalue weighted by atomic mass is 32.2. The number of hydrogen-bond acceptors (Lipinski definition) is 6. The Morgan fingerprint density at radius 2 is 2.15 bits per heavy atom. The second kappa shape index (κ2) is 7.98. The molecule has 0 aliphatic rings. The number of nitrogens with zero attached hydrogens (tertiary/aromatic N) is 3. The number of nitriles is 2. The molecule has 0 spiro atoms. The van der Waals surface area contributed by atoms with Crippen LogP contribution >= 0.6 is 11.8 Å². The van der Waals surface area contributed by atoms with Gasteiger partial charge in [0, 0.05) is 6.20 Å². The van der Waals surface area contributed by atoms with E-state index in [0.717, 1.165) is 5.56 Å². The van der Waals surface area contributed by atoms with E-state index in [1.54, 1.807) is 31.5 Å². The topological polar surface area (TPSA) is 86.8 Å². The average molecular weight is 287 g/mol. The number of esters is 1. The molecule has 0 aliphatic heterocycles. The minimum atomic E-state index is -0.319. The standard InChI is InChI=1S/C14H13N3O2S/c1-3-19-13(18)7-10-4-5-17-12(6-10)14(20-2)11(8-15)9-16/h4-6H,3,7H2,1-2H3. The summed E-state index contributed by atoms with van der Waals surface area (Å²) < 4.78 is 4.88. The number of aromatic nitrogens is 1. The van der Waals surface area contributed by atoms with Crippen LogP contribution in [0.1, 0.15) is 18.2 Å². The first-order valence-electron chi connectivity index (χ1n) is 5.85. The van der Waals surface area contributed by atoms with Crippen LogP contribution in [0.4, 0.5) is 0 Å². The van der Waals surface area contributed by atoms with Gasteiger partial charge in [-0.3, -0.25) is 9.78 Å². The lowest BCUT2D eigenvalue weighted by Gasteiger charge is -2.06. The van der Waals surface area contributed by atoms with E-state index >= 15 is 0 Å². The lowest BCUT2D eigenvalue weighted by atomic mass is 10.1. The van der Waals surface area contributed by atoms with E-state index < -0.39 is 0 Å². The Kier molecular flexibility index (Phi) is 6.28. The zero-order chi connectivity index (χ0) is 15.0. The molecule has 0 unspecified atom stereocenters. The van der Waals surface area contributed by atoms with Crippen molar-refractivity contribution in [1.82, 2.24) is 4.98 Å². The van der Waals surface area contributed by atoms with Crippen LogP contribution in [0, 0.1) is 22.7 Å². The van der Waals surface area contributed by atoms with E-state index in [4.69, 9.17) is 15.3 Å². The van der Waals surface area contributed by atoms with Crippen LogP contribution in [0.25, 0.3) is 4.91 Å². The number of thioether (sulfide) groups is 1. The molecule has 1 rings (SSSR count). The van der Waals surface area contributed by atoms with E-state index in [-0.39, 0.29) is 18.0 Å². The largest absolute Gasteiger partial charge is 0.466 e. The molecule has 102 valence electrons. The first-order chi connectivity index (χ1) is 9.65. The van der Waals surface area contributed by atoms with Gasteiger partial charge in [0.15, 0.2) is 0 Å². The van der Waals surface area contributed by atoms with Gasteiger partial charge in [-0.05, 0) is 30.9 Å². The number of ether oxygens (including phenoxy) is 1. The third-order valence-electron chi connectivity index (χ3n) is 2.37.